The summed E-state index contributed by atoms with van der Waals surface area (Å²) in [6.07, 6.45) is 1.99. The van der Waals surface area contributed by atoms with Gasteiger partial charge in [-0.25, -0.2) is 4.39 Å². The average molecular weight is 321 g/mol. The molecule has 0 aromatic heterocycles. The van der Waals surface area contributed by atoms with Crippen LogP contribution in [0.5, 0.6) is 0 Å². The predicted molar refractivity (Wildman–Crippen MR) is 66.6 cm³/mol. The molecule has 0 amide bonds. The van der Waals surface area contributed by atoms with Crippen LogP contribution < -0.4 is 5.32 Å². The summed E-state index contributed by atoms with van der Waals surface area (Å²) in [7, 11) is 0. The summed E-state index contributed by atoms with van der Waals surface area (Å²) in [6.45, 7) is 1.59. The van der Waals surface area contributed by atoms with Crippen molar-refractivity contribution in [1.29, 1.82) is 0 Å². The molecule has 0 unspecified atom stereocenters. The van der Waals surface area contributed by atoms with Crippen LogP contribution in [-0.4, -0.2) is 19.3 Å². The van der Waals surface area contributed by atoms with E-state index >= 15 is 0 Å². The largest absolute Gasteiger partial charge is 0.382 e. The lowest BCUT2D eigenvalue weighted by Crippen LogP contribution is -2.27. The van der Waals surface area contributed by atoms with E-state index in [-0.39, 0.29) is 5.82 Å². The molecule has 2 nitrogen and oxygen atoms in total. The zero-order chi connectivity index (χ0) is 10.7. The van der Waals surface area contributed by atoms with Gasteiger partial charge in [0.2, 0.25) is 0 Å². The minimum absolute atomic E-state index is 0.184. The molecule has 1 aliphatic rings. The second-order valence-electron chi connectivity index (χ2n) is 3.69. The monoisotopic (exact) mass is 321 g/mol. The molecule has 1 saturated heterocycles. The predicted octanol–water partition coefficient (Wildman–Crippen LogP) is 3.02. The minimum atomic E-state index is -0.184. The molecule has 0 saturated carbocycles. The Balaban J connectivity index is 2.02. The van der Waals surface area contributed by atoms with Crippen LogP contribution in [0.4, 0.5) is 10.1 Å². The maximum atomic E-state index is 13.1. The number of nitrogens with one attached hydrogen (secondary N) is 1. The van der Waals surface area contributed by atoms with Crippen LogP contribution >= 0.6 is 22.6 Å². The van der Waals surface area contributed by atoms with Crippen molar-refractivity contribution in [3.8, 4) is 0 Å². The Morgan fingerprint density at radius 3 is 2.67 bits per heavy atom. The summed E-state index contributed by atoms with van der Waals surface area (Å²) in [4.78, 5) is 0. The zero-order valence-electron chi connectivity index (χ0n) is 8.30. The van der Waals surface area contributed by atoms with E-state index in [4.69, 9.17) is 4.74 Å². The van der Waals surface area contributed by atoms with E-state index in [1.165, 1.54) is 12.1 Å². The SMILES string of the molecule is Fc1cc(I)cc(NC2CCOCC2)c1. The molecule has 1 fully saturated rings. The van der Waals surface area contributed by atoms with Gasteiger partial charge >= 0.3 is 0 Å². The summed E-state index contributed by atoms with van der Waals surface area (Å²) < 4.78 is 19.3. The van der Waals surface area contributed by atoms with Crippen LogP contribution in [0.3, 0.4) is 0 Å². The van der Waals surface area contributed by atoms with Gasteiger partial charge in [-0.15, -0.1) is 0 Å². The molecule has 0 aliphatic carbocycles. The average Bonchev–Trinajstić information content (AvgIpc) is 2.17. The van der Waals surface area contributed by atoms with Crippen molar-refractivity contribution < 1.29 is 9.13 Å². The summed E-state index contributed by atoms with van der Waals surface area (Å²) in [6, 6.07) is 5.43. The quantitative estimate of drug-likeness (QED) is 0.846. The summed E-state index contributed by atoms with van der Waals surface area (Å²) in [5.74, 6) is -0.184. The molecule has 2 rings (SSSR count). The fourth-order valence-electron chi connectivity index (χ4n) is 1.71. The maximum Gasteiger partial charge on any atom is 0.126 e. The molecule has 0 atom stereocenters. The first kappa shape index (κ1) is 11.1. The molecule has 0 spiro atoms. The Bertz CT molecular complexity index is 319. The third-order valence-electron chi connectivity index (χ3n) is 2.45. The van der Waals surface area contributed by atoms with Gasteiger partial charge in [0.05, 0.1) is 0 Å². The second kappa shape index (κ2) is 5.12. The minimum Gasteiger partial charge on any atom is -0.382 e. The number of rotatable bonds is 2. The number of ether oxygens (including phenoxy) is 1. The van der Waals surface area contributed by atoms with Crippen LogP contribution in [0.1, 0.15) is 12.8 Å². The van der Waals surface area contributed by atoms with E-state index in [1.807, 2.05) is 6.07 Å². The van der Waals surface area contributed by atoms with Crippen molar-refractivity contribution in [3.63, 3.8) is 0 Å². The fraction of sp³-hybridized carbons (Fsp3) is 0.455. The molecule has 15 heavy (non-hydrogen) atoms. The molecule has 1 heterocycles. The van der Waals surface area contributed by atoms with Crippen LogP contribution in [0.25, 0.3) is 0 Å². The highest BCUT2D eigenvalue weighted by Gasteiger charge is 2.13. The van der Waals surface area contributed by atoms with Crippen molar-refractivity contribution in [1.82, 2.24) is 0 Å². The molecule has 1 aromatic carbocycles. The summed E-state index contributed by atoms with van der Waals surface area (Å²) in [5.41, 5.74) is 0.867. The lowest BCUT2D eigenvalue weighted by molar-refractivity contribution is 0.0904. The Hall–Kier alpha value is -0.360. The van der Waals surface area contributed by atoms with E-state index in [9.17, 15) is 4.39 Å². The third-order valence-corrected chi connectivity index (χ3v) is 3.08. The number of hydrogen-bond acceptors (Lipinski definition) is 2. The number of benzene rings is 1. The summed E-state index contributed by atoms with van der Waals surface area (Å²) in [5, 5.41) is 3.34. The lowest BCUT2D eigenvalue weighted by atomic mass is 10.1. The van der Waals surface area contributed by atoms with Gasteiger partial charge in [-0.3, -0.25) is 0 Å². The normalized spacial score (nSPS) is 17.7. The summed E-state index contributed by atoms with van der Waals surface area (Å²) >= 11 is 2.12. The van der Waals surface area contributed by atoms with Crippen molar-refractivity contribution in [2.24, 2.45) is 0 Å². The van der Waals surface area contributed by atoms with Gasteiger partial charge in [0, 0.05) is 28.5 Å². The van der Waals surface area contributed by atoms with Crippen molar-refractivity contribution in [2.45, 2.75) is 18.9 Å². The van der Waals surface area contributed by atoms with Gasteiger partial charge in [-0.2, -0.15) is 0 Å². The van der Waals surface area contributed by atoms with Gasteiger partial charge in [-0.05, 0) is 53.6 Å². The number of halogens is 2. The molecule has 1 N–H and O–H groups in total. The number of anilines is 1. The topological polar surface area (TPSA) is 21.3 Å². The van der Waals surface area contributed by atoms with Gasteiger partial charge in [-0.1, -0.05) is 0 Å². The zero-order valence-corrected chi connectivity index (χ0v) is 10.5. The Labute approximate surface area is 102 Å². The van der Waals surface area contributed by atoms with Crippen LogP contribution in [0.2, 0.25) is 0 Å². The van der Waals surface area contributed by atoms with Crippen molar-refractivity contribution in [3.05, 3.63) is 27.6 Å². The molecule has 82 valence electrons. The van der Waals surface area contributed by atoms with Gasteiger partial charge < -0.3 is 10.1 Å². The molecule has 0 bridgehead atoms. The lowest BCUT2D eigenvalue weighted by Gasteiger charge is -2.24. The standard InChI is InChI=1S/C11H13FINO/c12-8-5-9(13)7-11(6-8)14-10-1-3-15-4-2-10/h5-7,10,14H,1-4H2. The highest BCUT2D eigenvalue weighted by Crippen LogP contribution is 2.19. The van der Waals surface area contributed by atoms with Crippen LogP contribution in [0, 0.1) is 9.39 Å². The Morgan fingerprint density at radius 1 is 1.27 bits per heavy atom. The maximum absolute atomic E-state index is 13.1. The molecular weight excluding hydrogens is 308 g/mol. The van der Waals surface area contributed by atoms with E-state index in [0.717, 1.165) is 35.3 Å². The van der Waals surface area contributed by atoms with E-state index in [0.29, 0.717) is 6.04 Å². The van der Waals surface area contributed by atoms with Crippen molar-refractivity contribution >= 4 is 28.3 Å². The molecule has 0 radical (unpaired) electrons. The van der Waals surface area contributed by atoms with Gasteiger partial charge in [0.25, 0.3) is 0 Å². The molecule has 1 aliphatic heterocycles. The molecule has 4 heteroatoms. The van der Waals surface area contributed by atoms with Crippen LogP contribution in [0.15, 0.2) is 18.2 Å². The molecular formula is C11H13FINO. The van der Waals surface area contributed by atoms with Gasteiger partial charge in [0.1, 0.15) is 5.82 Å². The van der Waals surface area contributed by atoms with E-state index < -0.39 is 0 Å². The van der Waals surface area contributed by atoms with Gasteiger partial charge in [0.15, 0.2) is 0 Å². The smallest absolute Gasteiger partial charge is 0.126 e. The fourth-order valence-corrected chi connectivity index (χ4v) is 2.35. The highest BCUT2D eigenvalue weighted by molar-refractivity contribution is 14.1. The first-order chi connectivity index (χ1) is 7.24. The molecule has 1 aromatic rings. The highest BCUT2D eigenvalue weighted by atomic mass is 127. The third kappa shape index (κ3) is 3.31. The first-order valence-corrected chi connectivity index (χ1v) is 6.12. The Kier molecular flexibility index (Phi) is 3.80. The van der Waals surface area contributed by atoms with Crippen LogP contribution in [-0.2, 0) is 4.74 Å². The second-order valence-corrected chi connectivity index (χ2v) is 4.93. The Morgan fingerprint density at radius 2 is 2.00 bits per heavy atom. The first-order valence-electron chi connectivity index (χ1n) is 5.04. The van der Waals surface area contributed by atoms with E-state index in [2.05, 4.69) is 27.9 Å². The van der Waals surface area contributed by atoms with E-state index in [1.54, 1.807) is 0 Å². The number of hydrogen-bond donors (Lipinski definition) is 1. The van der Waals surface area contributed by atoms with Crippen molar-refractivity contribution in [2.75, 3.05) is 18.5 Å².